The monoisotopic (exact) mass is 504 g/mol. The molecule has 4 aromatic rings. The summed E-state index contributed by atoms with van der Waals surface area (Å²) in [5.41, 5.74) is 3.94. The van der Waals surface area contributed by atoms with Gasteiger partial charge >= 0.3 is 0 Å². The second-order valence-corrected chi connectivity index (χ2v) is 10.4. The zero-order chi connectivity index (χ0) is 24.3. The second-order valence-electron chi connectivity index (χ2n) is 8.96. The van der Waals surface area contributed by atoms with Crippen LogP contribution in [0.25, 0.3) is 10.1 Å². The summed E-state index contributed by atoms with van der Waals surface area (Å²) in [5, 5.41) is 12.0. The van der Waals surface area contributed by atoms with E-state index in [4.69, 9.17) is 21.3 Å². The molecule has 0 radical (unpaired) electrons. The molecular weight excluding hydrogens is 484 g/mol. The quantitative estimate of drug-likeness (QED) is 0.348. The van der Waals surface area contributed by atoms with Crippen LogP contribution in [0.1, 0.15) is 45.8 Å². The Morgan fingerprint density at radius 1 is 1.17 bits per heavy atom. The molecule has 2 aromatic heterocycles. The van der Waals surface area contributed by atoms with Crippen LogP contribution in [-0.4, -0.2) is 28.7 Å². The molecule has 6 rings (SSSR count). The molecule has 176 valence electrons. The number of ketones is 1. The first-order valence-electron chi connectivity index (χ1n) is 11.4. The largest absolute Gasteiger partial charge is 0.505 e. The zero-order valence-corrected chi connectivity index (χ0v) is 20.4. The van der Waals surface area contributed by atoms with Gasteiger partial charge in [0.2, 0.25) is 5.56 Å². The smallest absolute Gasteiger partial charge is 0.247 e. The topological polar surface area (TPSA) is 91.8 Å². The van der Waals surface area contributed by atoms with E-state index in [1.54, 1.807) is 31.5 Å². The fourth-order valence-corrected chi connectivity index (χ4v) is 6.14. The van der Waals surface area contributed by atoms with Gasteiger partial charge in [0.15, 0.2) is 11.5 Å². The minimum absolute atomic E-state index is 0.0339. The molecule has 3 heterocycles. The highest BCUT2D eigenvalue weighted by atomic mass is 35.5. The normalized spacial score (nSPS) is 17.4. The van der Waals surface area contributed by atoms with Gasteiger partial charge in [0.25, 0.3) is 0 Å². The highest BCUT2D eigenvalue weighted by Gasteiger charge is 2.38. The van der Waals surface area contributed by atoms with Crippen molar-refractivity contribution in [3.05, 3.63) is 86.3 Å². The van der Waals surface area contributed by atoms with Crippen molar-refractivity contribution in [2.45, 2.75) is 25.2 Å². The Labute approximate surface area is 209 Å². The number of methoxy groups -OCH3 is 1. The van der Waals surface area contributed by atoms with Crippen molar-refractivity contribution in [2.75, 3.05) is 7.11 Å². The molecule has 0 saturated heterocycles. The molecule has 1 unspecified atom stereocenters. The van der Waals surface area contributed by atoms with Crippen molar-refractivity contribution in [2.24, 2.45) is 10.9 Å². The van der Waals surface area contributed by atoms with Crippen LogP contribution in [0.5, 0.6) is 11.5 Å². The van der Waals surface area contributed by atoms with Crippen molar-refractivity contribution >= 4 is 49.5 Å². The number of hydrogen-bond donors (Lipinski definition) is 2. The summed E-state index contributed by atoms with van der Waals surface area (Å²) in [6.45, 7) is 0. The first-order valence-corrected chi connectivity index (χ1v) is 12.6. The van der Waals surface area contributed by atoms with Crippen LogP contribution in [0.15, 0.2) is 58.4 Å². The average Bonchev–Trinajstić information content (AvgIpc) is 3.64. The second kappa shape index (κ2) is 8.36. The highest BCUT2D eigenvalue weighted by molar-refractivity contribution is 7.23. The molecule has 1 aliphatic carbocycles. The lowest BCUT2D eigenvalue weighted by Gasteiger charge is -2.24. The predicted molar refractivity (Wildman–Crippen MR) is 138 cm³/mol. The van der Waals surface area contributed by atoms with Gasteiger partial charge in [-0.25, -0.2) is 4.99 Å². The first kappa shape index (κ1) is 22.1. The van der Waals surface area contributed by atoms with Crippen molar-refractivity contribution < 1.29 is 14.6 Å². The summed E-state index contributed by atoms with van der Waals surface area (Å²) in [6, 6.07) is 12.5. The van der Waals surface area contributed by atoms with Gasteiger partial charge in [-0.1, -0.05) is 23.7 Å². The van der Waals surface area contributed by atoms with E-state index in [1.807, 2.05) is 18.2 Å². The van der Waals surface area contributed by atoms with Gasteiger partial charge in [-0.2, -0.15) is 0 Å². The van der Waals surface area contributed by atoms with E-state index >= 15 is 0 Å². The summed E-state index contributed by atoms with van der Waals surface area (Å²) in [5.74, 6) is 0.557. The number of phenols is 1. The number of fused-ring (bicyclic) bond motifs is 3. The summed E-state index contributed by atoms with van der Waals surface area (Å²) >= 11 is 7.42. The minimum atomic E-state index is -0.546. The number of hydrogen-bond acceptors (Lipinski definition) is 6. The molecule has 35 heavy (non-hydrogen) atoms. The number of pyridine rings is 1. The number of aromatic amines is 1. The third kappa shape index (κ3) is 3.75. The lowest BCUT2D eigenvalue weighted by atomic mass is 9.81. The number of rotatable bonds is 5. The Balaban J connectivity index is 1.57. The molecule has 2 aliphatic rings. The summed E-state index contributed by atoms with van der Waals surface area (Å²) in [4.78, 5) is 33.4. The lowest BCUT2D eigenvalue weighted by molar-refractivity contribution is 0.0955. The van der Waals surface area contributed by atoms with Gasteiger partial charge in [0.05, 0.1) is 34.0 Å². The van der Waals surface area contributed by atoms with Gasteiger partial charge in [0, 0.05) is 23.2 Å². The van der Waals surface area contributed by atoms with Crippen LogP contribution in [0.4, 0.5) is 5.00 Å². The van der Waals surface area contributed by atoms with Crippen LogP contribution in [-0.2, 0) is 6.42 Å². The van der Waals surface area contributed by atoms with Crippen LogP contribution in [0.2, 0.25) is 5.02 Å². The van der Waals surface area contributed by atoms with Crippen LogP contribution in [0.3, 0.4) is 0 Å². The van der Waals surface area contributed by atoms with Gasteiger partial charge in [-0.15, -0.1) is 11.3 Å². The summed E-state index contributed by atoms with van der Waals surface area (Å²) in [6.07, 6.45) is 4.22. The Kier molecular flexibility index (Phi) is 5.27. The van der Waals surface area contributed by atoms with Crippen molar-refractivity contribution in [3.63, 3.8) is 0 Å². The molecule has 0 amide bonds. The number of thiophene rings is 1. The van der Waals surface area contributed by atoms with E-state index in [2.05, 4.69) is 4.98 Å². The molecule has 1 saturated carbocycles. The van der Waals surface area contributed by atoms with Gasteiger partial charge in [0.1, 0.15) is 10.8 Å². The number of phenolic OH excluding ortho intramolecular Hbond substituents is 1. The lowest BCUT2D eigenvalue weighted by Crippen LogP contribution is -2.30. The van der Waals surface area contributed by atoms with E-state index in [0.717, 1.165) is 35.3 Å². The molecule has 8 heteroatoms. The van der Waals surface area contributed by atoms with E-state index in [0.29, 0.717) is 38.7 Å². The van der Waals surface area contributed by atoms with E-state index in [1.165, 1.54) is 17.4 Å². The SMILES string of the molecule is COc1ccc(C2=Nc3sc4c(O)c(Cl)ccc4c3C(=O)C2Cc2ccc(=O)[nH]c2)c(C2CC2)c1. The van der Waals surface area contributed by atoms with E-state index in [-0.39, 0.29) is 22.1 Å². The Morgan fingerprint density at radius 3 is 2.71 bits per heavy atom. The third-order valence-corrected chi connectivity index (χ3v) is 8.13. The standard InChI is InChI=1S/C27H21ClN2O4S/c1-34-15-5-6-16(18(11-15)14-3-4-14)23-19(10-13-2-9-21(31)29-12-13)24(32)22-17-7-8-20(28)25(33)26(17)35-27(22)30-23/h2,5-9,11-12,14,19,33H,3-4,10H2,1H3,(H,29,31). The first-order chi connectivity index (χ1) is 16.9. The van der Waals surface area contributed by atoms with Crippen LogP contribution in [0, 0.1) is 5.92 Å². The van der Waals surface area contributed by atoms with E-state index in [9.17, 15) is 14.7 Å². The molecule has 1 atom stereocenters. The van der Waals surface area contributed by atoms with Gasteiger partial charge in [-0.05, 0) is 60.6 Å². The predicted octanol–water partition coefficient (Wildman–Crippen LogP) is 6.01. The number of nitrogens with zero attached hydrogens (tertiary/aromatic N) is 1. The zero-order valence-electron chi connectivity index (χ0n) is 18.8. The number of carbonyl (C=O) groups is 1. The number of H-pyrrole nitrogens is 1. The maximum absolute atomic E-state index is 14.1. The molecule has 1 aliphatic heterocycles. The molecule has 2 N–H and O–H groups in total. The van der Waals surface area contributed by atoms with Crippen molar-refractivity contribution in [3.8, 4) is 11.5 Å². The summed E-state index contributed by atoms with van der Waals surface area (Å²) < 4.78 is 6.03. The number of Topliss-reactive ketones (excluding diaryl/α,β-unsaturated/α-hetero) is 1. The molecule has 1 fully saturated rings. The number of aliphatic imine (C=N–C) groups is 1. The number of benzene rings is 2. The number of nitrogens with one attached hydrogen (secondary N) is 1. The molecule has 0 spiro atoms. The maximum atomic E-state index is 14.1. The number of aromatic hydroxyl groups is 1. The number of aromatic nitrogens is 1. The number of halogens is 1. The molecular formula is C27H21ClN2O4S. The van der Waals surface area contributed by atoms with Crippen molar-refractivity contribution in [1.29, 1.82) is 0 Å². The number of carbonyl (C=O) groups excluding carboxylic acids is 1. The van der Waals surface area contributed by atoms with Gasteiger partial charge in [-0.3, -0.25) is 9.59 Å². The Morgan fingerprint density at radius 2 is 2.00 bits per heavy atom. The van der Waals surface area contributed by atoms with Gasteiger partial charge < -0.3 is 14.8 Å². The molecule has 0 bridgehead atoms. The average molecular weight is 505 g/mol. The van der Waals surface area contributed by atoms with Crippen LogP contribution < -0.4 is 10.3 Å². The third-order valence-electron chi connectivity index (χ3n) is 6.72. The minimum Gasteiger partial charge on any atom is -0.505 e. The fourth-order valence-electron chi connectivity index (χ4n) is 4.79. The Bertz CT molecular complexity index is 1580. The van der Waals surface area contributed by atoms with Crippen LogP contribution >= 0.6 is 22.9 Å². The fraction of sp³-hybridized carbons (Fsp3) is 0.222. The maximum Gasteiger partial charge on any atom is 0.247 e. The summed E-state index contributed by atoms with van der Waals surface area (Å²) in [7, 11) is 1.65. The van der Waals surface area contributed by atoms with Crippen molar-refractivity contribution in [1.82, 2.24) is 4.98 Å². The number of ether oxygens (including phenoxy) is 1. The highest BCUT2D eigenvalue weighted by Crippen LogP contribution is 2.49. The molecule has 6 nitrogen and oxygen atoms in total. The Hall–Kier alpha value is -3.42. The molecule has 2 aromatic carbocycles. The van der Waals surface area contributed by atoms with E-state index < -0.39 is 5.92 Å².